The van der Waals surface area contributed by atoms with E-state index in [1.54, 1.807) is 11.8 Å². The van der Waals surface area contributed by atoms with Crippen molar-refractivity contribution in [3.05, 3.63) is 29.3 Å². The summed E-state index contributed by atoms with van der Waals surface area (Å²) in [6.07, 6.45) is 1.95. The van der Waals surface area contributed by atoms with E-state index in [1.807, 2.05) is 31.4 Å². The summed E-state index contributed by atoms with van der Waals surface area (Å²) in [6, 6.07) is 4.99. The Hall–Kier alpha value is -1.14. The van der Waals surface area contributed by atoms with Crippen LogP contribution in [0.25, 0.3) is 0 Å². The van der Waals surface area contributed by atoms with Crippen molar-refractivity contribution in [1.29, 1.82) is 0 Å². The van der Waals surface area contributed by atoms with Gasteiger partial charge in [-0.1, -0.05) is 6.07 Å². The second kappa shape index (κ2) is 5.88. The summed E-state index contributed by atoms with van der Waals surface area (Å²) in [5, 5.41) is 9.14. The molecule has 19 heavy (non-hydrogen) atoms. The summed E-state index contributed by atoms with van der Waals surface area (Å²) < 4.78 is 0. The number of aliphatic carboxylic acids is 1. The van der Waals surface area contributed by atoms with Crippen molar-refractivity contribution >= 4 is 35.4 Å². The fourth-order valence-corrected chi connectivity index (χ4v) is 3.55. The molecule has 102 valence electrons. The van der Waals surface area contributed by atoms with Gasteiger partial charge in [0.25, 0.3) is 5.91 Å². The number of thioether (sulfide) groups is 2. The Morgan fingerprint density at radius 2 is 2.21 bits per heavy atom. The zero-order valence-electron chi connectivity index (χ0n) is 10.8. The molecular formula is C13H15NO3S2. The van der Waals surface area contributed by atoms with Gasteiger partial charge in [0.2, 0.25) is 0 Å². The van der Waals surface area contributed by atoms with E-state index in [9.17, 15) is 9.59 Å². The Balaban J connectivity index is 2.31. The van der Waals surface area contributed by atoms with Crippen LogP contribution in [0.2, 0.25) is 0 Å². The number of hydrogen-bond acceptors (Lipinski definition) is 4. The summed E-state index contributed by atoms with van der Waals surface area (Å²) in [5.74, 6) is -0.219. The molecule has 0 aliphatic carbocycles. The van der Waals surface area contributed by atoms with Gasteiger partial charge < -0.3 is 10.0 Å². The van der Waals surface area contributed by atoms with E-state index >= 15 is 0 Å². The monoisotopic (exact) mass is 297 g/mol. The van der Waals surface area contributed by atoms with Crippen LogP contribution in [0.1, 0.15) is 15.9 Å². The van der Waals surface area contributed by atoms with E-state index in [0.717, 1.165) is 10.5 Å². The molecule has 1 amide bonds. The number of benzene rings is 1. The van der Waals surface area contributed by atoms with Crippen molar-refractivity contribution in [3.8, 4) is 0 Å². The van der Waals surface area contributed by atoms with Crippen molar-refractivity contribution in [3.63, 3.8) is 0 Å². The van der Waals surface area contributed by atoms with Crippen LogP contribution in [0.5, 0.6) is 0 Å². The minimum atomic E-state index is -0.933. The molecule has 0 aromatic heterocycles. The maximum atomic E-state index is 12.5. The largest absolute Gasteiger partial charge is 0.480 e. The lowest BCUT2D eigenvalue weighted by molar-refractivity contribution is -0.140. The molecule has 1 aliphatic rings. The Labute approximate surface area is 120 Å². The summed E-state index contributed by atoms with van der Waals surface area (Å²) in [7, 11) is 0. The highest BCUT2D eigenvalue weighted by Gasteiger charge is 2.35. The number of nitrogens with zero attached hydrogens (tertiary/aromatic N) is 1. The molecule has 1 atom stereocenters. The van der Waals surface area contributed by atoms with E-state index in [0.29, 0.717) is 17.2 Å². The van der Waals surface area contributed by atoms with Gasteiger partial charge in [0.1, 0.15) is 6.04 Å². The number of rotatable bonds is 3. The van der Waals surface area contributed by atoms with Gasteiger partial charge in [0, 0.05) is 16.2 Å². The van der Waals surface area contributed by atoms with E-state index in [4.69, 9.17) is 5.11 Å². The highest BCUT2D eigenvalue weighted by atomic mass is 32.2. The Morgan fingerprint density at radius 1 is 1.47 bits per heavy atom. The molecule has 2 rings (SSSR count). The van der Waals surface area contributed by atoms with Crippen LogP contribution in [-0.4, -0.2) is 45.8 Å². The third kappa shape index (κ3) is 2.90. The maximum absolute atomic E-state index is 12.5. The molecule has 4 nitrogen and oxygen atoms in total. The molecule has 1 aliphatic heterocycles. The molecule has 1 unspecified atom stereocenters. The molecule has 1 saturated heterocycles. The van der Waals surface area contributed by atoms with Gasteiger partial charge in [-0.05, 0) is 30.9 Å². The second-order valence-electron chi connectivity index (χ2n) is 4.31. The smallest absolute Gasteiger partial charge is 0.327 e. The lowest BCUT2D eigenvalue weighted by atomic mass is 10.1. The first-order chi connectivity index (χ1) is 9.04. The van der Waals surface area contributed by atoms with Crippen molar-refractivity contribution in [2.75, 3.05) is 17.9 Å². The average molecular weight is 297 g/mol. The molecule has 1 N–H and O–H groups in total. The summed E-state index contributed by atoms with van der Waals surface area (Å²) in [6.45, 7) is 1.87. The topological polar surface area (TPSA) is 57.6 Å². The maximum Gasteiger partial charge on any atom is 0.327 e. The van der Waals surface area contributed by atoms with Crippen molar-refractivity contribution in [1.82, 2.24) is 4.90 Å². The van der Waals surface area contributed by atoms with Gasteiger partial charge in [-0.3, -0.25) is 4.79 Å². The minimum absolute atomic E-state index is 0.189. The first-order valence-corrected chi connectivity index (χ1v) is 8.18. The molecule has 0 spiro atoms. The lowest BCUT2D eigenvalue weighted by Crippen LogP contribution is -2.42. The van der Waals surface area contributed by atoms with Gasteiger partial charge in [-0.15, -0.1) is 23.5 Å². The number of carbonyl (C=O) groups excluding carboxylic acids is 1. The quantitative estimate of drug-likeness (QED) is 0.868. The third-order valence-electron chi connectivity index (χ3n) is 3.10. The van der Waals surface area contributed by atoms with Crippen LogP contribution in [0.3, 0.4) is 0 Å². The third-order valence-corrected chi connectivity index (χ3v) is 4.84. The molecule has 6 heteroatoms. The summed E-state index contributed by atoms with van der Waals surface area (Å²) in [5.41, 5.74) is 1.48. The van der Waals surface area contributed by atoms with Crippen molar-refractivity contribution < 1.29 is 14.7 Å². The Morgan fingerprint density at radius 3 is 2.84 bits per heavy atom. The fraction of sp³-hybridized carbons (Fsp3) is 0.385. The molecule has 1 aromatic rings. The highest BCUT2D eigenvalue weighted by Crippen LogP contribution is 2.26. The number of carboxylic acid groups (broad SMARTS) is 1. The lowest BCUT2D eigenvalue weighted by Gasteiger charge is -2.21. The highest BCUT2D eigenvalue weighted by molar-refractivity contribution is 7.99. The van der Waals surface area contributed by atoms with Gasteiger partial charge in [-0.25, -0.2) is 4.79 Å². The molecule has 0 saturated carbocycles. The number of carboxylic acids is 1. The van der Waals surface area contributed by atoms with E-state index in [2.05, 4.69) is 0 Å². The van der Waals surface area contributed by atoms with E-state index < -0.39 is 12.0 Å². The van der Waals surface area contributed by atoms with Gasteiger partial charge in [-0.2, -0.15) is 0 Å². The van der Waals surface area contributed by atoms with Crippen molar-refractivity contribution in [2.45, 2.75) is 17.9 Å². The minimum Gasteiger partial charge on any atom is -0.480 e. The number of hydrogen-bond donors (Lipinski definition) is 1. The van der Waals surface area contributed by atoms with Crippen LogP contribution in [0.4, 0.5) is 0 Å². The summed E-state index contributed by atoms with van der Waals surface area (Å²) in [4.78, 5) is 26.1. The Bertz CT molecular complexity index is 519. The first-order valence-electron chi connectivity index (χ1n) is 5.80. The zero-order valence-corrected chi connectivity index (χ0v) is 12.4. The number of carbonyl (C=O) groups is 2. The normalized spacial score (nSPS) is 18.6. The van der Waals surface area contributed by atoms with Gasteiger partial charge in [0.15, 0.2) is 0 Å². The first kappa shape index (κ1) is 14.3. The molecule has 0 bridgehead atoms. The molecule has 1 fully saturated rings. The standard InChI is InChI=1S/C13H15NO3S2/c1-8-3-4-9(18-2)5-10(8)12(15)14-7-19-6-11(14)13(16)17/h3-5,11H,6-7H2,1-2H3,(H,16,17). The van der Waals surface area contributed by atoms with Gasteiger partial charge in [0.05, 0.1) is 5.88 Å². The van der Waals surface area contributed by atoms with Gasteiger partial charge >= 0.3 is 5.97 Å². The second-order valence-corrected chi connectivity index (χ2v) is 6.19. The molecule has 1 aromatic carbocycles. The van der Waals surface area contributed by atoms with Crippen LogP contribution >= 0.6 is 23.5 Å². The Kier molecular flexibility index (Phi) is 4.42. The van der Waals surface area contributed by atoms with Crippen molar-refractivity contribution in [2.24, 2.45) is 0 Å². The molecular weight excluding hydrogens is 282 g/mol. The van der Waals surface area contributed by atoms with Crippen LogP contribution in [-0.2, 0) is 4.79 Å². The number of aryl methyl sites for hydroxylation is 1. The van der Waals surface area contributed by atoms with E-state index in [-0.39, 0.29) is 5.91 Å². The SMILES string of the molecule is CSc1ccc(C)c(C(=O)N2CSCC2C(=O)O)c1. The van der Waals surface area contributed by atoms with Crippen LogP contribution in [0, 0.1) is 6.92 Å². The van der Waals surface area contributed by atoms with E-state index in [1.165, 1.54) is 16.7 Å². The predicted octanol–water partition coefficient (Wildman–Crippen LogP) is 2.32. The summed E-state index contributed by atoms with van der Waals surface area (Å²) >= 11 is 3.04. The predicted molar refractivity (Wildman–Crippen MR) is 77.9 cm³/mol. The average Bonchev–Trinajstić information content (AvgIpc) is 2.88. The fourth-order valence-electron chi connectivity index (χ4n) is 1.96. The molecule has 1 heterocycles. The van der Waals surface area contributed by atoms with Crippen LogP contribution < -0.4 is 0 Å². The zero-order chi connectivity index (χ0) is 14.0. The van der Waals surface area contributed by atoms with Crippen LogP contribution in [0.15, 0.2) is 23.1 Å². The molecule has 0 radical (unpaired) electrons. The number of amides is 1.